The summed E-state index contributed by atoms with van der Waals surface area (Å²) in [5.41, 5.74) is -1.22. The third kappa shape index (κ3) is 3.40. The molecule has 0 radical (unpaired) electrons. The monoisotopic (exact) mass is 320 g/mol. The smallest absolute Gasteiger partial charge is 0.207 e. The van der Waals surface area contributed by atoms with Gasteiger partial charge in [-0.2, -0.15) is 9.98 Å². The molecule has 1 aromatic carbocycles. The number of sulfonamides is 1. The van der Waals surface area contributed by atoms with Crippen molar-refractivity contribution in [1.82, 2.24) is 4.72 Å². The summed E-state index contributed by atoms with van der Waals surface area (Å²) in [4.78, 5) is -0.135. The van der Waals surface area contributed by atoms with E-state index >= 15 is 0 Å². The van der Waals surface area contributed by atoms with Gasteiger partial charge in [0.05, 0.1) is 16.1 Å². The van der Waals surface area contributed by atoms with Crippen LogP contribution in [0.25, 0.3) is 0 Å². The van der Waals surface area contributed by atoms with Crippen molar-refractivity contribution in [2.24, 2.45) is 5.92 Å². The van der Waals surface area contributed by atoms with E-state index in [1.807, 2.05) is 6.07 Å². The van der Waals surface area contributed by atoms with Gasteiger partial charge in [0.1, 0.15) is 10.4 Å². The Hall–Kier alpha value is -0.800. The lowest BCUT2D eigenvalue weighted by Gasteiger charge is -2.27. The first-order valence-electron chi connectivity index (χ1n) is 5.53. The number of benzene rings is 1. The second kappa shape index (κ2) is 5.68. The van der Waals surface area contributed by atoms with Gasteiger partial charge in [0.25, 0.3) is 0 Å². The van der Waals surface area contributed by atoms with E-state index in [0.717, 1.165) is 0 Å². The molecule has 0 spiro atoms. The summed E-state index contributed by atoms with van der Waals surface area (Å²) in [6, 6.07) is 6.30. The molecular formula is C12H14Cl2N2O2S. The summed E-state index contributed by atoms with van der Waals surface area (Å²) in [7, 11) is -3.92. The molecule has 1 N–H and O–H groups in total. The van der Waals surface area contributed by atoms with Crippen LogP contribution < -0.4 is 4.72 Å². The molecule has 0 saturated carbocycles. The minimum Gasteiger partial charge on any atom is -0.207 e. The van der Waals surface area contributed by atoms with E-state index in [-0.39, 0.29) is 20.9 Å². The highest BCUT2D eigenvalue weighted by Crippen LogP contribution is 2.30. The van der Waals surface area contributed by atoms with Gasteiger partial charge in [0, 0.05) is 0 Å². The van der Waals surface area contributed by atoms with Gasteiger partial charge in [-0.25, -0.2) is 8.42 Å². The molecule has 0 aliphatic heterocycles. The van der Waals surface area contributed by atoms with Gasteiger partial charge in [0.15, 0.2) is 0 Å². The number of rotatable bonds is 4. The van der Waals surface area contributed by atoms with Crippen molar-refractivity contribution in [3.63, 3.8) is 0 Å². The van der Waals surface area contributed by atoms with Gasteiger partial charge in [-0.3, -0.25) is 0 Å². The normalized spacial score (nSPS) is 15.0. The van der Waals surface area contributed by atoms with E-state index in [9.17, 15) is 8.42 Å². The van der Waals surface area contributed by atoms with Crippen LogP contribution in [0.4, 0.5) is 0 Å². The Kier molecular flexibility index (Phi) is 4.86. The molecule has 0 heterocycles. The Labute approximate surface area is 123 Å². The summed E-state index contributed by atoms with van der Waals surface area (Å²) >= 11 is 11.7. The SMILES string of the molecule is CC(C)[C@@](C)(C#N)NS(=O)(=O)c1cccc(Cl)c1Cl. The first-order valence-corrected chi connectivity index (χ1v) is 7.77. The van der Waals surface area contributed by atoms with Gasteiger partial charge in [-0.05, 0) is 25.0 Å². The Morgan fingerprint density at radius 2 is 1.95 bits per heavy atom. The molecule has 0 aromatic heterocycles. The number of nitriles is 1. The fraction of sp³-hybridized carbons (Fsp3) is 0.417. The molecule has 0 bridgehead atoms. The van der Waals surface area contributed by atoms with E-state index < -0.39 is 15.6 Å². The summed E-state index contributed by atoms with van der Waals surface area (Å²) < 4.78 is 26.9. The molecule has 1 aromatic rings. The lowest BCUT2D eigenvalue weighted by Crippen LogP contribution is -2.48. The molecule has 0 aliphatic carbocycles. The van der Waals surface area contributed by atoms with E-state index in [1.165, 1.54) is 25.1 Å². The Bertz CT molecular complexity index is 623. The molecule has 4 nitrogen and oxygen atoms in total. The molecule has 7 heteroatoms. The number of hydrogen-bond acceptors (Lipinski definition) is 3. The second-order valence-electron chi connectivity index (χ2n) is 4.63. The van der Waals surface area contributed by atoms with Gasteiger partial charge in [0.2, 0.25) is 10.0 Å². The first kappa shape index (κ1) is 16.3. The molecule has 1 rings (SSSR count). The van der Waals surface area contributed by atoms with Crippen molar-refractivity contribution >= 4 is 33.2 Å². The molecule has 19 heavy (non-hydrogen) atoms. The van der Waals surface area contributed by atoms with Gasteiger partial charge in [-0.1, -0.05) is 43.1 Å². The highest BCUT2D eigenvalue weighted by atomic mass is 35.5. The lowest BCUT2D eigenvalue weighted by atomic mass is 9.92. The van der Waals surface area contributed by atoms with Crippen molar-refractivity contribution in [2.45, 2.75) is 31.2 Å². The van der Waals surface area contributed by atoms with Crippen LogP contribution in [-0.4, -0.2) is 14.0 Å². The number of nitrogens with one attached hydrogen (secondary N) is 1. The zero-order valence-corrected chi connectivity index (χ0v) is 13.1. The van der Waals surface area contributed by atoms with Crippen molar-refractivity contribution in [3.05, 3.63) is 28.2 Å². The predicted molar refractivity (Wildman–Crippen MR) is 75.6 cm³/mol. The highest BCUT2D eigenvalue weighted by Gasteiger charge is 2.34. The maximum absolute atomic E-state index is 12.3. The maximum atomic E-state index is 12.3. The van der Waals surface area contributed by atoms with E-state index in [0.29, 0.717) is 0 Å². The first-order chi connectivity index (χ1) is 8.64. The van der Waals surface area contributed by atoms with Crippen LogP contribution in [0.15, 0.2) is 23.1 Å². The van der Waals surface area contributed by atoms with Crippen molar-refractivity contribution in [2.75, 3.05) is 0 Å². The Balaban J connectivity index is 3.27. The van der Waals surface area contributed by atoms with E-state index in [4.69, 9.17) is 28.5 Å². The van der Waals surface area contributed by atoms with Crippen LogP contribution in [0.2, 0.25) is 10.0 Å². The second-order valence-corrected chi connectivity index (χ2v) is 7.06. The van der Waals surface area contributed by atoms with Gasteiger partial charge < -0.3 is 0 Å². The molecule has 1 atom stereocenters. The van der Waals surface area contributed by atoms with Crippen molar-refractivity contribution in [1.29, 1.82) is 5.26 Å². The molecular weight excluding hydrogens is 307 g/mol. The quantitative estimate of drug-likeness (QED) is 0.926. The minimum absolute atomic E-state index is 0.0549. The lowest BCUT2D eigenvalue weighted by molar-refractivity contribution is 0.389. The maximum Gasteiger partial charge on any atom is 0.243 e. The average molecular weight is 321 g/mol. The Morgan fingerprint density at radius 3 is 2.42 bits per heavy atom. The molecule has 0 aliphatic rings. The van der Waals surface area contributed by atoms with Crippen LogP contribution in [0.1, 0.15) is 20.8 Å². The van der Waals surface area contributed by atoms with E-state index in [1.54, 1.807) is 13.8 Å². The standard InChI is InChI=1S/C12H14Cl2N2O2S/c1-8(2)12(3,7-15)16-19(17,18)10-6-4-5-9(13)11(10)14/h4-6,8,16H,1-3H3/t12-/m1/s1. The number of nitrogens with zero attached hydrogens (tertiary/aromatic N) is 1. The zero-order valence-electron chi connectivity index (χ0n) is 10.7. The molecule has 104 valence electrons. The molecule has 0 fully saturated rings. The van der Waals surface area contributed by atoms with Gasteiger partial charge in [-0.15, -0.1) is 0 Å². The molecule has 0 unspecified atom stereocenters. The summed E-state index contributed by atoms with van der Waals surface area (Å²) in [6.45, 7) is 5.03. The fourth-order valence-corrected chi connectivity index (χ4v) is 3.51. The number of hydrogen-bond donors (Lipinski definition) is 1. The zero-order chi connectivity index (χ0) is 14.8. The highest BCUT2D eigenvalue weighted by molar-refractivity contribution is 7.89. The topological polar surface area (TPSA) is 70.0 Å². The van der Waals surface area contributed by atoms with Crippen LogP contribution in [0, 0.1) is 17.2 Å². The third-order valence-electron chi connectivity index (χ3n) is 2.94. The summed E-state index contributed by atoms with van der Waals surface area (Å²) in [6.07, 6.45) is 0. The summed E-state index contributed by atoms with van der Waals surface area (Å²) in [5, 5.41) is 9.25. The Morgan fingerprint density at radius 1 is 1.37 bits per heavy atom. The van der Waals surface area contributed by atoms with Crippen molar-refractivity contribution in [3.8, 4) is 6.07 Å². The number of halogens is 2. The molecule has 0 saturated heterocycles. The van der Waals surface area contributed by atoms with Crippen LogP contribution in [-0.2, 0) is 10.0 Å². The van der Waals surface area contributed by atoms with Crippen LogP contribution >= 0.6 is 23.2 Å². The molecule has 0 amide bonds. The van der Waals surface area contributed by atoms with Crippen LogP contribution in [0.5, 0.6) is 0 Å². The average Bonchev–Trinajstić information content (AvgIpc) is 2.31. The van der Waals surface area contributed by atoms with Gasteiger partial charge >= 0.3 is 0 Å². The third-order valence-corrected chi connectivity index (χ3v) is 5.48. The van der Waals surface area contributed by atoms with Crippen LogP contribution in [0.3, 0.4) is 0 Å². The summed E-state index contributed by atoms with van der Waals surface area (Å²) in [5.74, 6) is -0.203. The fourth-order valence-electron chi connectivity index (χ4n) is 1.30. The minimum atomic E-state index is -3.92. The largest absolute Gasteiger partial charge is 0.243 e. The van der Waals surface area contributed by atoms with Crippen molar-refractivity contribution < 1.29 is 8.42 Å². The van der Waals surface area contributed by atoms with E-state index in [2.05, 4.69) is 4.72 Å². The predicted octanol–water partition coefficient (Wildman–Crippen LogP) is 3.21.